The molecule has 2 aliphatic heterocycles. The van der Waals surface area contributed by atoms with Crippen molar-refractivity contribution < 1.29 is 19.0 Å². The molecule has 19 heteroatoms. The van der Waals surface area contributed by atoms with Crippen molar-refractivity contribution in [1.29, 1.82) is 0 Å². The van der Waals surface area contributed by atoms with E-state index in [1.807, 2.05) is 63.7 Å². The highest BCUT2D eigenvalue weighted by Crippen LogP contribution is 2.32. The zero-order chi connectivity index (χ0) is 48.1. The van der Waals surface area contributed by atoms with Gasteiger partial charge < -0.3 is 43.3 Å². The molecule has 0 unspecified atom stereocenters. The monoisotopic (exact) mass is 998 g/mol. The molecule has 2 aliphatic rings. The number of alkyl halides is 1. The maximum Gasteiger partial charge on any atom is 0.245 e. The Morgan fingerprint density at radius 2 is 1.04 bits per heavy atom. The number of hydrogen-bond donors (Lipinski definition) is 3. The number of aliphatic hydroxyl groups excluding tert-OH is 2. The van der Waals surface area contributed by atoms with Gasteiger partial charge in [-0.05, 0) is 76.2 Å². The Balaban J connectivity index is 0.000000173. The van der Waals surface area contributed by atoms with E-state index >= 15 is 0 Å². The van der Waals surface area contributed by atoms with Gasteiger partial charge in [-0.1, -0.05) is 52.3 Å². The average Bonchev–Trinajstić information content (AvgIpc) is 4.26. The first kappa shape index (κ1) is 48.8. The van der Waals surface area contributed by atoms with Crippen molar-refractivity contribution in [2.75, 3.05) is 87.2 Å². The van der Waals surface area contributed by atoms with Crippen molar-refractivity contribution in [3.8, 4) is 68.9 Å². The van der Waals surface area contributed by atoms with Crippen LogP contribution in [0.3, 0.4) is 0 Å². The van der Waals surface area contributed by atoms with Gasteiger partial charge in [-0.15, -0.1) is 20.4 Å². The van der Waals surface area contributed by atoms with Gasteiger partial charge in [-0.2, -0.15) is 0 Å². The van der Waals surface area contributed by atoms with Crippen molar-refractivity contribution in [2.45, 2.75) is 39.8 Å². The predicted molar refractivity (Wildman–Crippen MR) is 271 cm³/mol. The molecule has 2 fully saturated rings. The zero-order valence-electron chi connectivity index (χ0n) is 39.4. The van der Waals surface area contributed by atoms with Crippen molar-refractivity contribution in [3.05, 3.63) is 110 Å². The lowest BCUT2D eigenvalue weighted by molar-refractivity contribution is 0.189. The summed E-state index contributed by atoms with van der Waals surface area (Å²) in [6, 6.07) is 28.7. The third-order valence-electron chi connectivity index (χ3n) is 11.6. The average molecular weight is 1000 g/mol. The summed E-state index contributed by atoms with van der Waals surface area (Å²) in [4.78, 5) is 25.5. The molecule has 0 radical (unpaired) electrons. The van der Waals surface area contributed by atoms with Crippen molar-refractivity contribution in [2.24, 2.45) is 0 Å². The molecule has 0 bridgehead atoms. The molecule has 3 N–H and O–H groups in total. The Morgan fingerprint density at radius 1 is 0.594 bits per heavy atom. The van der Waals surface area contributed by atoms with Crippen LogP contribution in [0.4, 0.5) is 11.4 Å². The summed E-state index contributed by atoms with van der Waals surface area (Å²) in [5.74, 6) is 3.83. The van der Waals surface area contributed by atoms with Crippen molar-refractivity contribution in [3.63, 3.8) is 0 Å². The minimum absolute atomic E-state index is 0.207. The number of aromatic nitrogens is 10. The second-order valence-electron chi connectivity index (χ2n) is 17.0. The fourth-order valence-corrected chi connectivity index (χ4v) is 8.02. The van der Waals surface area contributed by atoms with Crippen LogP contribution in [0.5, 0.6) is 0 Å². The van der Waals surface area contributed by atoms with Crippen molar-refractivity contribution in [1.82, 2.24) is 59.7 Å². The first-order valence-electron chi connectivity index (χ1n) is 23.3. The molecule has 0 amide bonds. The lowest BCUT2D eigenvalue weighted by Gasteiger charge is -2.35. The highest BCUT2D eigenvalue weighted by Gasteiger charge is 2.20. The molecule has 10 rings (SSSR count). The highest BCUT2D eigenvalue weighted by atomic mass is 79.9. The second-order valence-corrected chi connectivity index (χ2v) is 17.8. The fourth-order valence-electron chi connectivity index (χ4n) is 8.02. The number of nitrogens with zero attached hydrogens (tertiary/aromatic N) is 13. The largest absolute Gasteiger partial charge is 0.435 e. The lowest BCUT2D eigenvalue weighted by Crippen LogP contribution is -2.47. The van der Waals surface area contributed by atoms with E-state index in [-0.39, 0.29) is 25.3 Å². The smallest absolute Gasteiger partial charge is 0.245 e. The summed E-state index contributed by atoms with van der Waals surface area (Å²) in [5.41, 5.74) is 7.13. The van der Waals surface area contributed by atoms with Crippen LogP contribution >= 0.6 is 15.9 Å². The predicted octanol–water partition coefficient (Wildman–Crippen LogP) is 7.38. The van der Waals surface area contributed by atoms with E-state index in [1.165, 1.54) is 5.69 Å². The summed E-state index contributed by atoms with van der Waals surface area (Å²) in [6.45, 7) is 17.3. The van der Waals surface area contributed by atoms with Gasteiger partial charge in [0.15, 0.2) is 23.2 Å². The molecule has 6 aromatic heterocycles. The number of piperazine rings is 2. The van der Waals surface area contributed by atoms with E-state index < -0.39 is 0 Å². The van der Waals surface area contributed by atoms with Gasteiger partial charge in [0.25, 0.3) is 0 Å². The van der Waals surface area contributed by atoms with Gasteiger partial charge in [-0.3, -0.25) is 4.90 Å². The molecule has 0 atom stereocenters. The van der Waals surface area contributed by atoms with E-state index in [4.69, 9.17) is 29.0 Å². The topological polar surface area (TPSA) is 201 Å². The van der Waals surface area contributed by atoms with Crippen LogP contribution in [-0.4, -0.2) is 142 Å². The maximum absolute atomic E-state index is 9.16. The first-order valence-corrected chi connectivity index (χ1v) is 24.4. The number of hydrogen-bond acceptors (Lipinski definition) is 16. The van der Waals surface area contributed by atoms with Crippen LogP contribution in [0.2, 0.25) is 0 Å². The maximum atomic E-state index is 9.16. The third kappa shape index (κ3) is 12.2. The fraction of sp³-hybridized carbons (Fsp3) is 0.360. The number of benzene rings is 2. The third-order valence-corrected chi connectivity index (χ3v) is 12.0. The number of nitrogens with one attached hydrogen (secondary N) is 1. The molecule has 2 aromatic carbocycles. The number of aliphatic hydroxyl groups is 2. The molecule has 360 valence electrons. The number of rotatable bonds is 13. The van der Waals surface area contributed by atoms with Gasteiger partial charge in [0.05, 0.1) is 25.6 Å². The molecule has 18 nitrogen and oxygen atoms in total. The highest BCUT2D eigenvalue weighted by molar-refractivity contribution is 9.09. The minimum Gasteiger partial charge on any atom is -0.435 e. The van der Waals surface area contributed by atoms with E-state index in [1.54, 1.807) is 25.0 Å². The summed E-state index contributed by atoms with van der Waals surface area (Å²) < 4.78 is 16.2. The van der Waals surface area contributed by atoms with E-state index in [0.717, 1.165) is 105 Å². The number of oxazole rings is 2. The summed E-state index contributed by atoms with van der Waals surface area (Å²) in [7, 11) is 0. The summed E-state index contributed by atoms with van der Waals surface area (Å²) in [6.07, 6.45) is 6.95. The Hall–Kier alpha value is -6.64. The SMILES string of the molecule is CC(C)n1cnnc1-c1cccc(-c2ncc(-c3cccc(N4CCN(CCO)CC4)c3)o2)n1.CC(C)n1cnnc1-c1cccc(-c2ncc(-c3cccc(N4CCNCC4)c3)o2)n1.OCCBr. The molecule has 0 saturated carbocycles. The van der Waals surface area contributed by atoms with Crippen LogP contribution in [0.25, 0.3) is 68.9 Å². The van der Waals surface area contributed by atoms with E-state index in [2.05, 4.69) is 124 Å². The summed E-state index contributed by atoms with van der Waals surface area (Å²) in [5, 5.41) is 37.6. The van der Waals surface area contributed by atoms with Crippen molar-refractivity contribution >= 4 is 27.3 Å². The number of β-amino-alcohol motifs (C(OH)–C–C–N with tert-alkyl or cyclic N) is 1. The first-order chi connectivity index (χ1) is 33.7. The second kappa shape index (κ2) is 23.6. The zero-order valence-corrected chi connectivity index (χ0v) is 41.0. The minimum atomic E-state index is 0.207. The molecule has 0 spiro atoms. The van der Waals surface area contributed by atoms with E-state index in [0.29, 0.717) is 34.3 Å². The molecular formula is C50H59BrN14O4. The summed E-state index contributed by atoms with van der Waals surface area (Å²) >= 11 is 3.00. The van der Waals surface area contributed by atoms with Gasteiger partial charge in [0, 0.05) is 98.8 Å². The molecule has 0 aliphatic carbocycles. The van der Waals surface area contributed by atoms with Crippen LogP contribution in [0.15, 0.2) is 119 Å². The Bertz CT molecular complexity index is 2840. The number of anilines is 2. The number of pyridine rings is 2. The molecule has 8 heterocycles. The Morgan fingerprint density at radius 3 is 1.49 bits per heavy atom. The van der Waals surface area contributed by atoms with Crippen LogP contribution < -0.4 is 15.1 Å². The van der Waals surface area contributed by atoms with Gasteiger partial charge >= 0.3 is 0 Å². The molecule has 8 aromatic rings. The Kier molecular flexibility index (Phi) is 16.7. The van der Waals surface area contributed by atoms with Crippen LogP contribution in [0.1, 0.15) is 39.8 Å². The lowest BCUT2D eigenvalue weighted by atomic mass is 10.1. The van der Waals surface area contributed by atoms with Gasteiger partial charge in [0.2, 0.25) is 11.8 Å². The number of halogens is 1. The standard InChI is InChI=1S/C25H29N7O2.C23H25N7O.C2H5BrO/c1-18(2)32-17-27-29-24(32)21-7-4-8-22(28-21)25-26-16-23(34-25)19-5-3-6-20(15-19)31-11-9-30(10-12-31)13-14-33;1-16(2)30-15-26-28-22(30)19-7-4-8-20(27-19)23-25-14-21(31-23)17-5-3-6-18(13-17)29-11-9-24-10-12-29;3-1-2-4/h3-8,15-18,33H,9-14H2,1-2H3;3-8,13-16,24H,9-12H2,1-2H3;4H,1-2H2. The molecule has 2 saturated heterocycles. The van der Waals surface area contributed by atoms with Crippen LogP contribution in [0, 0.1) is 0 Å². The van der Waals surface area contributed by atoms with Gasteiger partial charge in [-0.25, -0.2) is 19.9 Å². The van der Waals surface area contributed by atoms with Gasteiger partial charge in [0.1, 0.15) is 35.4 Å². The molecular weight excluding hydrogens is 941 g/mol. The molecule has 69 heavy (non-hydrogen) atoms. The quantitative estimate of drug-likeness (QED) is 0.0965. The van der Waals surface area contributed by atoms with Crippen LogP contribution in [-0.2, 0) is 0 Å². The van der Waals surface area contributed by atoms with E-state index in [9.17, 15) is 0 Å². The normalized spacial score (nSPS) is 14.2. The Labute approximate surface area is 410 Å².